The summed E-state index contributed by atoms with van der Waals surface area (Å²) in [6.07, 6.45) is 8.51. The number of hydrogen-bond acceptors (Lipinski definition) is 2. The summed E-state index contributed by atoms with van der Waals surface area (Å²) in [5, 5.41) is 2.70. The lowest BCUT2D eigenvalue weighted by Crippen LogP contribution is -2.50. The molecule has 6 aromatic carbocycles. The molecule has 5 atom stereocenters. The molecular formula is C47H39NS. The van der Waals surface area contributed by atoms with Gasteiger partial charge in [0.2, 0.25) is 0 Å². The molecule has 3 fully saturated rings. The minimum absolute atomic E-state index is 0.139. The summed E-state index contributed by atoms with van der Waals surface area (Å²) < 4.78 is 2.70. The second-order valence-corrected chi connectivity index (χ2v) is 16.4. The van der Waals surface area contributed by atoms with Gasteiger partial charge in [0.05, 0.1) is 5.69 Å². The van der Waals surface area contributed by atoms with Crippen LogP contribution in [-0.4, -0.2) is 0 Å². The van der Waals surface area contributed by atoms with Crippen LogP contribution in [0, 0.1) is 23.7 Å². The fourth-order valence-electron chi connectivity index (χ4n) is 11.0. The van der Waals surface area contributed by atoms with Gasteiger partial charge in [0.25, 0.3) is 0 Å². The molecule has 11 rings (SSSR count). The van der Waals surface area contributed by atoms with Gasteiger partial charge in [-0.1, -0.05) is 103 Å². The van der Waals surface area contributed by atoms with Gasteiger partial charge in [-0.15, -0.1) is 11.3 Å². The van der Waals surface area contributed by atoms with E-state index in [1.54, 1.807) is 11.1 Å². The van der Waals surface area contributed by atoms with Gasteiger partial charge < -0.3 is 4.90 Å². The van der Waals surface area contributed by atoms with Gasteiger partial charge in [-0.2, -0.15) is 0 Å². The van der Waals surface area contributed by atoms with E-state index in [1.807, 2.05) is 11.3 Å². The number of hydrogen-bond donors (Lipinski definition) is 0. The van der Waals surface area contributed by atoms with Crippen LogP contribution in [0.2, 0.25) is 0 Å². The van der Waals surface area contributed by atoms with E-state index in [9.17, 15) is 0 Å². The zero-order valence-corrected chi connectivity index (χ0v) is 28.5. The van der Waals surface area contributed by atoms with Crippen LogP contribution in [0.5, 0.6) is 0 Å². The van der Waals surface area contributed by atoms with Gasteiger partial charge in [-0.3, -0.25) is 0 Å². The van der Waals surface area contributed by atoms with Crippen molar-refractivity contribution in [2.24, 2.45) is 23.7 Å². The van der Waals surface area contributed by atoms with Gasteiger partial charge in [-0.25, -0.2) is 0 Å². The summed E-state index contributed by atoms with van der Waals surface area (Å²) in [5.74, 6) is 3.48. The summed E-state index contributed by atoms with van der Waals surface area (Å²) in [7, 11) is 0. The summed E-state index contributed by atoms with van der Waals surface area (Å²) in [5.41, 5.74) is 12.5. The smallest absolute Gasteiger partial charge is 0.0543 e. The normalized spacial score (nSPS) is 24.7. The number of fused-ring (bicyclic) bond motifs is 11. The first-order chi connectivity index (χ1) is 24.2. The van der Waals surface area contributed by atoms with Crippen molar-refractivity contribution < 1.29 is 0 Å². The van der Waals surface area contributed by atoms with Gasteiger partial charge >= 0.3 is 0 Å². The molecule has 4 aliphatic carbocycles. The summed E-state index contributed by atoms with van der Waals surface area (Å²) in [6.45, 7) is 0. The van der Waals surface area contributed by atoms with Crippen LogP contribution in [0.3, 0.4) is 0 Å². The SMILES string of the molecule is c1ccc(N(c2ccc(-c3ccc4c(c3)sc3ccccc34)cc2)c2cccc3c2-c2ccccc2C32CC3CCC4CC3CC2C4)cc1. The van der Waals surface area contributed by atoms with E-state index in [4.69, 9.17) is 0 Å². The van der Waals surface area contributed by atoms with Crippen LogP contribution >= 0.6 is 11.3 Å². The van der Waals surface area contributed by atoms with E-state index in [0.717, 1.165) is 23.7 Å². The molecule has 3 saturated carbocycles. The number of anilines is 3. The molecule has 1 aromatic heterocycles. The number of nitrogens with zero attached hydrogens (tertiary/aromatic N) is 1. The zero-order valence-electron chi connectivity index (χ0n) is 27.7. The first kappa shape index (κ1) is 28.2. The standard InChI is InChI=1S/C47H39NS/c1-2-9-36(10-3-1)48(37-22-19-31(20-23-37)32-21-24-39-38-11-5-7-16-44(38)49-45(39)28-32)43-15-8-14-42-46(43)40-12-4-6-13-41(40)47(42)29-33-18-17-30-25-34(33)27-35(47)26-30/h1-16,19-24,28,30,33-35H,17-18,25-27,29H2. The third-order valence-corrected chi connectivity index (χ3v) is 14.2. The van der Waals surface area contributed by atoms with Crippen molar-refractivity contribution in [2.75, 3.05) is 4.90 Å². The van der Waals surface area contributed by atoms with Crippen LogP contribution in [0.25, 0.3) is 42.4 Å². The second kappa shape index (κ2) is 10.7. The van der Waals surface area contributed by atoms with Crippen molar-refractivity contribution in [1.82, 2.24) is 0 Å². The highest BCUT2D eigenvalue weighted by Crippen LogP contribution is 2.67. The first-order valence-electron chi connectivity index (χ1n) is 18.3. The van der Waals surface area contributed by atoms with Gasteiger partial charge in [-0.05, 0) is 126 Å². The van der Waals surface area contributed by atoms with Gasteiger partial charge in [0.15, 0.2) is 0 Å². The Kier molecular flexibility index (Phi) is 6.14. The Bertz CT molecular complexity index is 2380. The molecule has 1 heterocycles. The molecule has 1 spiro atoms. The zero-order chi connectivity index (χ0) is 32.1. The van der Waals surface area contributed by atoms with Gasteiger partial charge in [0.1, 0.15) is 0 Å². The lowest BCUT2D eigenvalue weighted by molar-refractivity contribution is -0.0103. The Morgan fingerprint density at radius 2 is 1.31 bits per heavy atom. The van der Waals surface area contributed by atoms with Crippen molar-refractivity contribution in [3.63, 3.8) is 0 Å². The maximum atomic E-state index is 2.52. The number of thiophene rings is 1. The molecule has 0 N–H and O–H groups in total. The minimum Gasteiger partial charge on any atom is -0.310 e. The van der Waals surface area contributed by atoms with E-state index in [-0.39, 0.29) is 5.41 Å². The highest BCUT2D eigenvalue weighted by Gasteiger charge is 2.57. The summed E-state index contributed by atoms with van der Waals surface area (Å²) in [4.78, 5) is 2.52. The van der Waals surface area contributed by atoms with Crippen LogP contribution in [0.1, 0.15) is 49.7 Å². The molecule has 5 unspecified atom stereocenters. The van der Waals surface area contributed by atoms with Crippen molar-refractivity contribution in [3.05, 3.63) is 151 Å². The number of rotatable bonds is 4. The molecule has 0 amide bonds. The molecule has 2 heteroatoms. The van der Waals surface area contributed by atoms with E-state index < -0.39 is 0 Å². The molecule has 1 nitrogen and oxygen atoms in total. The van der Waals surface area contributed by atoms with E-state index in [2.05, 4.69) is 144 Å². The molecule has 0 saturated heterocycles. The monoisotopic (exact) mass is 649 g/mol. The summed E-state index contributed by atoms with van der Waals surface area (Å²) in [6, 6.07) is 52.8. The van der Waals surface area contributed by atoms with Crippen molar-refractivity contribution in [3.8, 4) is 22.3 Å². The quantitative estimate of drug-likeness (QED) is 0.183. The predicted molar refractivity (Wildman–Crippen MR) is 207 cm³/mol. The Hall–Kier alpha value is -4.66. The number of benzene rings is 6. The molecule has 0 aliphatic heterocycles. The third-order valence-electron chi connectivity index (χ3n) is 13.0. The first-order valence-corrected chi connectivity index (χ1v) is 19.2. The molecule has 7 aromatic rings. The lowest BCUT2D eigenvalue weighted by atomic mass is 9.47. The van der Waals surface area contributed by atoms with Crippen LogP contribution < -0.4 is 4.90 Å². The summed E-state index contributed by atoms with van der Waals surface area (Å²) >= 11 is 1.89. The Morgan fingerprint density at radius 3 is 2.22 bits per heavy atom. The topological polar surface area (TPSA) is 3.24 Å². The highest BCUT2D eigenvalue weighted by atomic mass is 32.1. The molecule has 3 bridgehead atoms. The van der Waals surface area contributed by atoms with Crippen LogP contribution in [0.4, 0.5) is 17.1 Å². The molecule has 238 valence electrons. The average molecular weight is 650 g/mol. The van der Waals surface area contributed by atoms with E-state index in [0.29, 0.717) is 0 Å². The average Bonchev–Trinajstić information content (AvgIpc) is 3.67. The van der Waals surface area contributed by atoms with Crippen LogP contribution in [0.15, 0.2) is 140 Å². The third kappa shape index (κ3) is 4.10. The number of para-hydroxylation sites is 1. The Balaban J connectivity index is 1.05. The molecule has 4 aliphatic rings. The predicted octanol–water partition coefficient (Wildman–Crippen LogP) is 13.3. The lowest BCUT2D eigenvalue weighted by Gasteiger charge is -2.57. The minimum atomic E-state index is 0.139. The second-order valence-electron chi connectivity index (χ2n) is 15.3. The molecule has 49 heavy (non-hydrogen) atoms. The highest BCUT2D eigenvalue weighted by molar-refractivity contribution is 7.25. The maximum Gasteiger partial charge on any atom is 0.0543 e. The maximum absolute atomic E-state index is 2.52. The fraction of sp³-hybridized carbons (Fsp3) is 0.234. The van der Waals surface area contributed by atoms with E-state index in [1.165, 1.54) is 98.0 Å². The van der Waals surface area contributed by atoms with Crippen LogP contribution in [-0.2, 0) is 5.41 Å². The van der Waals surface area contributed by atoms with Crippen molar-refractivity contribution in [2.45, 2.75) is 43.9 Å². The van der Waals surface area contributed by atoms with Gasteiger partial charge in [0, 0.05) is 42.5 Å². The van der Waals surface area contributed by atoms with Crippen molar-refractivity contribution >= 4 is 48.6 Å². The van der Waals surface area contributed by atoms with E-state index >= 15 is 0 Å². The Labute approximate surface area is 292 Å². The largest absolute Gasteiger partial charge is 0.310 e. The molecule has 0 radical (unpaired) electrons. The van der Waals surface area contributed by atoms with Crippen molar-refractivity contribution in [1.29, 1.82) is 0 Å². The molecular weight excluding hydrogens is 611 g/mol. The fourth-order valence-corrected chi connectivity index (χ4v) is 12.2. The Morgan fingerprint density at radius 1 is 0.551 bits per heavy atom.